The quantitative estimate of drug-likeness (QED) is 0.465. The van der Waals surface area contributed by atoms with E-state index in [0.29, 0.717) is 22.7 Å². The summed E-state index contributed by atoms with van der Waals surface area (Å²) >= 11 is 0. The standard InChI is InChI=1S/C28H54O/c1-25(2,3)20-13-18(14-21(17-20)26(4,5)6)19-15-22(27(7,8)9)24(29)23(16-19)28(10,11)12/h18-24,29H,13-17H2,1-12H3. The second-order valence-electron chi connectivity index (χ2n) is 15.3. The van der Waals surface area contributed by atoms with Gasteiger partial charge in [0.05, 0.1) is 6.10 Å². The van der Waals surface area contributed by atoms with E-state index in [0.717, 1.165) is 23.7 Å². The maximum atomic E-state index is 11.4. The molecule has 4 unspecified atom stereocenters. The highest BCUT2D eigenvalue weighted by Crippen LogP contribution is 2.56. The van der Waals surface area contributed by atoms with Crippen molar-refractivity contribution in [1.82, 2.24) is 0 Å². The van der Waals surface area contributed by atoms with Crippen molar-refractivity contribution >= 4 is 0 Å². The van der Waals surface area contributed by atoms with Crippen molar-refractivity contribution in [3.05, 3.63) is 0 Å². The van der Waals surface area contributed by atoms with Crippen molar-refractivity contribution in [3.8, 4) is 0 Å². The molecule has 0 saturated heterocycles. The van der Waals surface area contributed by atoms with E-state index in [9.17, 15) is 5.11 Å². The van der Waals surface area contributed by atoms with Crippen LogP contribution in [-0.2, 0) is 0 Å². The zero-order valence-electron chi connectivity index (χ0n) is 22.0. The molecule has 0 aromatic carbocycles. The van der Waals surface area contributed by atoms with Gasteiger partial charge in [-0.15, -0.1) is 0 Å². The molecule has 172 valence electrons. The van der Waals surface area contributed by atoms with E-state index in [1.54, 1.807) is 0 Å². The first-order chi connectivity index (χ1) is 12.8. The molecule has 0 spiro atoms. The second-order valence-corrected chi connectivity index (χ2v) is 15.3. The summed E-state index contributed by atoms with van der Waals surface area (Å²) in [5, 5.41) is 11.4. The van der Waals surface area contributed by atoms with Gasteiger partial charge in [0, 0.05) is 0 Å². The fraction of sp³-hybridized carbons (Fsp3) is 1.00. The van der Waals surface area contributed by atoms with Crippen LogP contribution in [-0.4, -0.2) is 11.2 Å². The summed E-state index contributed by atoms with van der Waals surface area (Å²) in [4.78, 5) is 0. The monoisotopic (exact) mass is 406 g/mol. The third-order valence-electron chi connectivity index (χ3n) is 9.02. The van der Waals surface area contributed by atoms with Crippen LogP contribution in [0.15, 0.2) is 0 Å². The van der Waals surface area contributed by atoms with Crippen LogP contribution in [0.2, 0.25) is 0 Å². The van der Waals surface area contributed by atoms with E-state index in [1.807, 2.05) is 0 Å². The number of aliphatic hydroxyl groups is 1. The zero-order chi connectivity index (χ0) is 22.6. The Labute approximate surface area is 183 Å². The van der Waals surface area contributed by atoms with Gasteiger partial charge in [-0.2, -0.15) is 0 Å². The lowest BCUT2D eigenvalue weighted by Gasteiger charge is -2.54. The molecule has 0 radical (unpaired) electrons. The van der Waals surface area contributed by atoms with Crippen molar-refractivity contribution in [2.24, 2.45) is 57.2 Å². The lowest BCUT2D eigenvalue weighted by atomic mass is 9.52. The van der Waals surface area contributed by atoms with Gasteiger partial charge in [0.2, 0.25) is 0 Å². The van der Waals surface area contributed by atoms with Crippen LogP contribution in [0.25, 0.3) is 0 Å². The van der Waals surface area contributed by atoms with Crippen LogP contribution in [0.3, 0.4) is 0 Å². The van der Waals surface area contributed by atoms with Crippen LogP contribution >= 0.6 is 0 Å². The summed E-state index contributed by atoms with van der Waals surface area (Å²) in [5.41, 5.74) is 1.12. The van der Waals surface area contributed by atoms with E-state index in [-0.39, 0.29) is 16.9 Å². The van der Waals surface area contributed by atoms with Gasteiger partial charge in [-0.25, -0.2) is 0 Å². The Hall–Kier alpha value is -0.0400. The van der Waals surface area contributed by atoms with E-state index >= 15 is 0 Å². The van der Waals surface area contributed by atoms with Crippen molar-refractivity contribution in [3.63, 3.8) is 0 Å². The largest absolute Gasteiger partial charge is 0.393 e. The third kappa shape index (κ3) is 6.02. The fourth-order valence-corrected chi connectivity index (χ4v) is 6.59. The van der Waals surface area contributed by atoms with E-state index < -0.39 is 0 Å². The molecule has 2 rings (SSSR count). The van der Waals surface area contributed by atoms with Gasteiger partial charge >= 0.3 is 0 Å². The average Bonchev–Trinajstić information content (AvgIpc) is 2.50. The molecular weight excluding hydrogens is 352 g/mol. The van der Waals surface area contributed by atoms with Gasteiger partial charge in [0.15, 0.2) is 0 Å². The highest BCUT2D eigenvalue weighted by Gasteiger charge is 2.49. The molecule has 0 aromatic heterocycles. The number of hydrogen-bond acceptors (Lipinski definition) is 1. The highest BCUT2D eigenvalue weighted by molar-refractivity contribution is 4.99. The molecule has 1 N–H and O–H groups in total. The van der Waals surface area contributed by atoms with Crippen LogP contribution in [0, 0.1) is 57.2 Å². The smallest absolute Gasteiger partial charge is 0.0606 e. The summed E-state index contributed by atoms with van der Waals surface area (Å²) in [7, 11) is 0. The van der Waals surface area contributed by atoms with Gasteiger partial charge in [-0.3, -0.25) is 0 Å². The molecule has 0 aliphatic heterocycles. The van der Waals surface area contributed by atoms with Gasteiger partial charge in [0.25, 0.3) is 0 Å². The van der Waals surface area contributed by atoms with E-state index in [1.165, 1.54) is 32.1 Å². The van der Waals surface area contributed by atoms with Gasteiger partial charge in [-0.1, -0.05) is 83.1 Å². The Morgan fingerprint density at radius 2 is 0.759 bits per heavy atom. The number of hydrogen-bond donors (Lipinski definition) is 1. The maximum Gasteiger partial charge on any atom is 0.0606 e. The van der Waals surface area contributed by atoms with Crippen LogP contribution in [0.1, 0.15) is 115 Å². The van der Waals surface area contributed by atoms with E-state index in [2.05, 4.69) is 83.1 Å². The van der Waals surface area contributed by atoms with Gasteiger partial charge in [-0.05, 0) is 89.3 Å². The summed E-state index contributed by atoms with van der Waals surface area (Å²) in [6, 6.07) is 0. The van der Waals surface area contributed by atoms with Crippen LogP contribution in [0.5, 0.6) is 0 Å². The Kier molecular flexibility index (Phi) is 7.08. The van der Waals surface area contributed by atoms with Crippen molar-refractivity contribution in [2.75, 3.05) is 0 Å². The molecule has 1 heteroatoms. The minimum Gasteiger partial charge on any atom is -0.393 e. The number of aliphatic hydroxyl groups excluding tert-OH is 1. The van der Waals surface area contributed by atoms with Gasteiger partial charge < -0.3 is 5.11 Å². The first-order valence-corrected chi connectivity index (χ1v) is 12.5. The lowest BCUT2D eigenvalue weighted by molar-refractivity contribution is -0.101. The zero-order valence-corrected chi connectivity index (χ0v) is 22.0. The molecule has 1 nitrogen and oxygen atoms in total. The SMILES string of the molecule is CC(C)(C)C1CC(C2CC(C(C)(C)C)C(O)C(C(C)(C)C)C2)CC(C(C)(C)C)C1. The molecule has 0 heterocycles. The minimum atomic E-state index is -0.160. The molecule has 2 saturated carbocycles. The summed E-state index contributed by atoms with van der Waals surface area (Å²) in [6.45, 7) is 28.8. The molecule has 0 amide bonds. The lowest BCUT2D eigenvalue weighted by Crippen LogP contribution is -2.50. The number of rotatable bonds is 1. The van der Waals surface area contributed by atoms with Crippen molar-refractivity contribution < 1.29 is 5.11 Å². The van der Waals surface area contributed by atoms with Crippen LogP contribution in [0.4, 0.5) is 0 Å². The molecule has 4 atom stereocenters. The molecule has 2 fully saturated rings. The topological polar surface area (TPSA) is 20.2 Å². The van der Waals surface area contributed by atoms with E-state index in [4.69, 9.17) is 0 Å². The third-order valence-corrected chi connectivity index (χ3v) is 9.02. The Bertz CT molecular complexity index is 487. The summed E-state index contributed by atoms with van der Waals surface area (Å²) in [6.07, 6.45) is 6.46. The normalized spacial score (nSPS) is 38.2. The van der Waals surface area contributed by atoms with Gasteiger partial charge in [0.1, 0.15) is 0 Å². The molecule has 29 heavy (non-hydrogen) atoms. The second kappa shape index (κ2) is 8.14. The Morgan fingerprint density at radius 3 is 1.03 bits per heavy atom. The first kappa shape index (κ1) is 25.2. The minimum absolute atomic E-state index is 0.160. The summed E-state index contributed by atoms with van der Waals surface area (Å²) < 4.78 is 0. The molecule has 2 aliphatic carbocycles. The predicted octanol–water partition coefficient (Wildman–Crippen LogP) is 8.21. The fourth-order valence-electron chi connectivity index (χ4n) is 6.59. The molecular formula is C28H54O. The highest BCUT2D eigenvalue weighted by atomic mass is 16.3. The molecule has 2 aliphatic rings. The average molecular weight is 407 g/mol. The van der Waals surface area contributed by atoms with Crippen molar-refractivity contribution in [2.45, 2.75) is 121 Å². The molecule has 0 aromatic rings. The summed E-state index contributed by atoms with van der Waals surface area (Å²) in [5.74, 6) is 4.04. The van der Waals surface area contributed by atoms with Crippen molar-refractivity contribution in [1.29, 1.82) is 0 Å². The maximum absolute atomic E-state index is 11.4. The Balaban J connectivity index is 2.35. The molecule has 0 bridgehead atoms. The first-order valence-electron chi connectivity index (χ1n) is 12.5. The Morgan fingerprint density at radius 1 is 0.448 bits per heavy atom. The predicted molar refractivity (Wildman–Crippen MR) is 128 cm³/mol. The van der Waals surface area contributed by atoms with Crippen LogP contribution < -0.4 is 0 Å².